The third-order valence-electron chi connectivity index (χ3n) is 5.72. The van der Waals surface area contributed by atoms with E-state index in [-0.39, 0.29) is 0 Å². The SMILES string of the molecule is Cc1c(CN2CCOCC2)oc2c(C)c3o[nH]occ(-c4ccccc4)c3cc12. The average molecular weight is 392 g/mol. The van der Waals surface area contributed by atoms with E-state index in [1.807, 2.05) is 25.1 Å². The zero-order chi connectivity index (χ0) is 19.8. The van der Waals surface area contributed by atoms with Gasteiger partial charge >= 0.3 is 0 Å². The molecule has 150 valence electrons. The molecule has 6 nitrogen and oxygen atoms in total. The number of rotatable bonds is 3. The predicted octanol–water partition coefficient (Wildman–Crippen LogP) is 5.34. The van der Waals surface area contributed by atoms with Crippen LogP contribution in [0.1, 0.15) is 16.9 Å². The van der Waals surface area contributed by atoms with Crippen LogP contribution in [0.4, 0.5) is 0 Å². The van der Waals surface area contributed by atoms with Crippen molar-refractivity contribution in [2.24, 2.45) is 0 Å². The summed E-state index contributed by atoms with van der Waals surface area (Å²) in [5.41, 5.74) is 5.73. The van der Waals surface area contributed by atoms with E-state index in [0.717, 1.165) is 77.2 Å². The maximum Gasteiger partial charge on any atom is 0.173 e. The largest absolute Gasteiger partial charge is 0.459 e. The van der Waals surface area contributed by atoms with Crippen LogP contribution in [0.3, 0.4) is 0 Å². The summed E-state index contributed by atoms with van der Waals surface area (Å²) in [6.07, 6.45) is 1.69. The highest BCUT2D eigenvalue weighted by Crippen LogP contribution is 2.37. The maximum atomic E-state index is 6.33. The molecule has 2 aromatic carbocycles. The predicted molar refractivity (Wildman–Crippen MR) is 111 cm³/mol. The number of nitrogens with one attached hydrogen (secondary N) is 1. The Morgan fingerprint density at radius 2 is 1.76 bits per heavy atom. The van der Waals surface area contributed by atoms with Gasteiger partial charge in [-0.25, -0.2) is 0 Å². The summed E-state index contributed by atoms with van der Waals surface area (Å²) in [5, 5.41) is 4.64. The van der Waals surface area contributed by atoms with Gasteiger partial charge in [-0.15, -0.1) is 0 Å². The smallest absolute Gasteiger partial charge is 0.173 e. The van der Waals surface area contributed by atoms with Crippen LogP contribution in [0.5, 0.6) is 0 Å². The Morgan fingerprint density at radius 1 is 0.966 bits per heavy atom. The lowest BCUT2D eigenvalue weighted by Crippen LogP contribution is -2.35. The summed E-state index contributed by atoms with van der Waals surface area (Å²) >= 11 is 0. The molecule has 1 saturated heterocycles. The Hall–Kier alpha value is -2.96. The van der Waals surface area contributed by atoms with Crippen LogP contribution in [0.15, 0.2) is 56.1 Å². The number of ether oxygens (including phenoxy) is 1. The number of aromatic nitrogens is 1. The van der Waals surface area contributed by atoms with Crippen LogP contribution in [0, 0.1) is 13.8 Å². The number of fused-ring (bicyclic) bond motifs is 2. The Kier molecular flexibility index (Phi) is 4.66. The van der Waals surface area contributed by atoms with E-state index in [4.69, 9.17) is 18.2 Å². The van der Waals surface area contributed by atoms with Gasteiger partial charge in [-0.1, -0.05) is 35.7 Å². The maximum absolute atomic E-state index is 6.33. The lowest BCUT2D eigenvalue weighted by Gasteiger charge is -2.25. The molecule has 0 aliphatic carbocycles. The summed E-state index contributed by atoms with van der Waals surface area (Å²) in [6.45, 7) is 8.35. The van der Waals surface area contributed by atoms with Gasteiger partial charge in [0, 0.05) is 35.0 Å². The second-order valence-corrected chi connectivity index (χ2v) is 7.49. The number of aromatic amines is 1. The molecule has 0 atom stereocenters. The Morgan fingerprint density at radius 3 is 2.55 bits per heavy atom. The first-order chi connectivity index (χ1) is 14.2. The molecule has 0 amide bonds. The molecule has 2 aromatic heterocycles. The number of hydrogen-bond donors (Lipinski definition) is 1. The number of benzene rings is 2. The molecule has 1 fully saturated rings. The van der Waals surface area contributed by atoms with Gasteiger partial charge in [-0.05, 0) is 31.0 Å². The van der Waals surface area contributed by atoms with E-state index < -0.39 is 0 Å². The molecule has 3 heterocycles. The van der Waals surface area contributed by atoms with Gasteiger partial charge in [0.2, 0.25) is 0 Å². The molecule has 0 spiro atoms. The van der Waals surface area contributed by atoms with Crippen LogP contribution in [0.25, 0.3) is 33.1 Å². The number of hydrogen-bond acceptors (Lipinski definition) is 5. The molecule has 0 bridgehead atoms. The van der Waals surface area contributed by atoms with E-state index in [0.29, 0.717) is 0 Å². The molecule has 5 rings (SSSR count). The summed E-state index contributed by atoms with van der Waals surface area (Å²) in [7, 11) is 0. The van der Waals surface area contributed by atoms with E-state index in [2.05, 4.69) is 35.4 Å². The molecule has 0 radical (unpaired) electrons. The van der Waals surface area contributed by atoms with Crippen LogP contribution in [-0.4, -0.2) is 36.5 Å². The summed E-state index contributed by atoms with van der Waals surface area (Å²) in [4.78, 5) is 2.37. The van der Waals surface area contributed by atoms with Crippen molar-refractivity contribution in [1.82, 2.24) is 10.2 Å². The van der Waals surface area contributed by atoms with Gasteiger partial charge < -0.3 is 18.2 Å². The number of aryl methyl sites for hydroxylation is 2. The Bertz CT molecular complexity index is 1190. The van der Waals surface area contributed by atoms with Gasteiger partial charge in [-0.2, -0.15) is 0 Å². The minimum atomic E-state index is 0.719. The number of morpholine rings is 1. The minimum Gasteiger partial charge on any atom is -0.459 e. The zero-order valence-electron chi connectivity index (χ0n) is 16.7. The lowest BCUT2D eigenvalue weighted by molar-refractivity contribution is 0.0314. The van der Waals surface area contributed by atoms with E-state index >= 15 is 0 Å². The fourth-order valence-corrected chi connectivity index (χ4v) is 4.04. The van der Waals surface area contributed by atoms with Crippen LogP contribution in [0.2, 0.25) is 0 Å². The van der Waals surface area contributed by atoms with Gasteiger partial charge in [-0.3, -0.25) is 4.90 Å². The first-order valence-corrected chi connectivity index (χ1v) is 9.91. The number of furan rings is 1. The summed E-state index contributed by atoms with van der Waals surface area (Å²) < 4.78 is 22.9. The van der Waals surface area contributed by atoms with Gasteiger partial charge in [0.05, 0.1) is 19.8 Å². The molecule has 0 saturated carbocycles. The molecular formula is C23H24N2O4. The highest BCUT2D eigenvalue weighted by molar-refractivity contribution is 6.04. The molecule has 4 aromatic rings. The quantitative estimate of drug-likeness (QED) is 0.510. The second kappa shape index (κ2) is 7.46. The van der Waals surface area contributed by atoms with Crippen LogP contribution in [-0.2, 0) is 11.3 Å². The third-order valence-corrected chi connectivity index (χ3v) is 5.72. The van der Waals surface area contributed by atoms with Gasteiger partial charge in [0.25, 0.3) is 0 Å². The minimum absolute atomic E-state index is 0.719. The molecule has 1 aliphatic heterocycles. The van der Waals surface area contributed by atoms with Crippen molar-refractivity contribution in [2.45, 2.75) is 20.4 Å². The number of nitrogens with zero attached hydrogens (tertiary/aromatic N) is 1. The van der Waals surface area contributed by atoms with Gasteiger partial charge in [0.1, 0.15) is 17.6 Å². The molecule has 1 N–H and O–H groups in total. The fourth-order valence-electron chi connectivity index (χ4n) is 4.04. The monoisotopic (exact) mass is 392 g/mol. The first-order valence-electron chi connectivity index (χ1n) is 9.91. The first kappa shape index (κ1) is 18.1. The molecule has 29 heavy (non-hydrogen) atoms. The Labute approximate surface area is 168 Å². The van der Waals surface area contributed by atoms with Gasteiger partial charge in [0.15, 0.2) is 5.58 Å². The Balaban J connectivity index is 1.71. The van der Waals surface area contributed by atoms with E-state index in [1.165, 1.54) is 5.56 Å². The number of H-pyrrole nitrogens is 1. The molecule has 6 heteroatoms. The van der Waals surface area contributed by atoms with Crippen molar-refractivity contribution < 1.29 is 18.2 Å². The lowest BCUT2D eigenvalue weighted by atomic mass is 9.99. The zero-order valence-corrected chi connectivity index (χ0v) is 16.7. The normalized spacial score (nSPS) is 15.2. The standard InChI is InChI=1S/C23H24N2O4/c1-15-18-12-19-20(17-6-4-3-5-7-17)14-27-24-29-23(19)16(2)22(18)28-21(15)13-25-8-10-26-11-9-25/h3-7,12,14,24H,8-11,13H2,1-2H3. The summed E-state index contributed by atoms with van der Waals surface area (Å²) in [6, 6.07) is 12.3. The average Bonchev–Trinajstić information content (AvgIpc) is 2.93. The van der Waals surface area contributed by atoms with Crippen LogP contribution >= 0.6 is 0 Å². The van der Waals surface area contributed by atoms with Crippen molar-refractivity contribution in [1.29, 1.82) is 0 Å². The van der Waals surface area contributed by atoms with Crippen LogP contribution < -0.4 is 0 Å². The van der Waals surface area contributed by atoms with E-state index in [9.17, 15) is 0 Å². The van der Waals surface area contributed by atoms with Crippen molar-refractivity contribution in [3.05, 3.63) is 59.5 Å². The molecule has 0 unspecified atom stereocenters. The molecule has 1 aliphatic rings. The highest BCUT2D eigenvalue weighted by atomic mass is 16.7. The topological polar surface area (TPSA) is 67.7 Å². The van der Waals surface area contributed by atoms with Crippen molar-refractivity contribution in [3.63, 3.8) is 0 Å². The highest BCUT2D eigenvalue weighted by Gasteiger charge is 2.20. The van der Waals surface area contributed by atoms with Crippen molar-refractivity contribution in [2.75, 3.05) is 26.3 Å². The fraction of sp³-hybridized carbons (Fsp3) is 0.304. The van der Waals surface area contributed by atoms with Crippen molar-refractivity contribution in [3.8, 4) is 11.1 Å². The second-order valence-electron chi connectivity index (χ2n) is 7.49. The third kappa shape index (κ3) is 3.24. The summed E-state index contributed by atoms with van der Waals surface area (Å²) in [5.74, 6) is 1.000. The van der Waals surface area contributed by atoms with Crippen molar-refractivity contribution >= 4 is 21.9 Å². The molecular weight excluding hydrogens is 368 g/mol. The van der Waals surface area contributed by atoms with E-state index in [1.54, 1.807) is 6.26 Å².